The minimum absolute atomic E-state index is 0.160. The second kappa shape index (κ2) is 11.2. The number of hydrogen-bond acceptors (Lipinski definition) is 5. The Labute approximate surface area is 200 Å². The third-order valence-corrected chi connectivity index (χ3v) is 5.26. The molecule has 0 aromatic heterocycles. The molecule has 0 spiro atoms. The van der Waals surface area contributed by atoms with Gasteiger partial charge in [0.25, 0.3) is 5.91 Å². The molecule has 1 atom stereocenters. The van der Waals surface area contributed by atoms with Crippen molar-refractivity contribution >= 4 is 46.9 Å². The molecular weight excluding hydrogens is 475 g/mol. The molecule has 9 heteroatoms. The number of aliphatic hydroxyl groups is 1. The summed E-state index contributed by atoms with van der Waals surface area (Å²) >= 11 is 18.5. The molecule has 0 aliphatic carbocycles. The molecule has 166 valence electrons. The average molecular weight is 494 g/mol. The number of amides is 1. The lowest BCUT2D eigenvalue weighted by atomic mass is 10.1. The third-order valence-electron chi connectivity index (χ3n) is 4.39. The number of hydrogen-bond donors (Lipinski definition) is 2. The summed E-state index contributed by atoms with van der Waals surface area (Å²) in [5.74, 6) is 0.0471. The van der Waals surface area contributed by atoms with Crippen molar-refractivity contribution < 1.29 is 19.4 Å². The van der Waals surface area contributed by atoms with Gasteiger partial charge in [0.05, 0.1) is 18.3 Å². The largest absolute Gasteiger partial charge is 0.493 e. The summed E-state index contributed by atoms with van der Waals surface area (Å²) in [7, 11) is 1.48. The highest BCUT2D eigenvalue weighted by atomic mass is 35.5. The maximum absolute atomic E-state index is 12.1. The zero-order valence-corrected chi connectivity index (χ0v) is 19.2. The number of nitrogens with zero attached hydrogens (tertiary/aromatic N) is 1. The van der Waals surface area contributed by atoms with Crippen molar-refractivity contribution in [1.82, 2.24) is 5.43 Å². The summed E-state index contributed by atoms with van der Waals surface area (Å²) in [5, 5.41) is 15.2. The van der Waals surface area contributed by atoms with E-state index in [1.54, 1.807) is 60.7 Å². The van der Waals surface area contributed by atoms with Crippen LogP contribution < -0.4 is 14.9 Å². The Kier molecular flexibility index (Phi) is 8.36. The van der Waals surface area contributed by atoms with Gasteiger partial charge in [-0.1, -0.05) is 71.2 Å². The van der Waals surface area contributed by atoms with Crippen LogP contribution in [0.2, 0.25) is 15.1 Å². The number of rotatable bonds is 8. The topological polar surface area (TPSA) is 80.2 Å². The summed E-state index contributed by atoms with van der Waals surface area (Å²) < 4.78 is 11.2. The number of methoxy groups -OCH3 is 1. The average Bonchev–Trinajstić information content (AvgIpc) is 2.79. The van der Waals surface area contributed by atoms with Gasteiger partial charge in [-0.2, -0.15) is 5.10 Å². The van der Waals surface area contributed by atoms with E-state index < -0.39 is 12.0 Å². The highest BCUT2D eigenvalue weighted by Gasteiger charge is 2.16. The molecule has 2 N–H and O–H groups in total. The molecule has 1 amide bonds. The predicted molar refractivity (Wildman–Crippen MR) is 126 cm³/mol. The Hall–Kier alpha value is -2.77. The minimum atomic E-state index is -1.33. The molecule has 3 aromatic carbocycles. The maximum atomic E-state index is 12.1. The zero-order valence-electron chi connectivity index (χ0n) is 16.9. The fraction of sp³-hybridized carbons (Fsp3) is 0.130. The molecule has 3 rings (SSSR count). The first-order valence-corrected chi connectivity index (χ1v) is 10.5. The molecule has 6 nitrogen and oxygen atoms in total. The van der Waals surface area contributed by atoms with Gasteiger partial charge in [-0.25, -0.2) is 5.43 Å². The molecule has 0 aliphatic rings. The fourth-order valence-corrected chi connectivity index (χ4v) is 3.50. The molecule has 0 bridgehead atoms. The van der Waals surface area contributed by atoms with E-state index in [4.69, 9.17) is 44.3 Å². The lowest BCUT2D eigenvalue weighted by Gasteiger charge is -2.14. The van der Waals surface area contributed by atoms with Gasteiger partial charge in [0.2, 0.25) is 0 Å². The van der Waals surface area contributed by atoms with Crippen LogP contribution in [-0.2, 0) is 11.4 Å². The van der Waals surface area contributed by atoms with E-state index in [1.165, 1.54) is 13.3 Å². The van der Waals surface area contributed by atoms with Gasteiger partial charge in [-0.15, -0.1) is 0 Å². The van der Waals surface area contributed by atoms with E-state index in [-0.39, 0.29) is 11.6 Å². The number of hydrazone groups is 1. The number of carbonyl (C=O) groups excluding carboxylic acids is 1. The molecule has 0 saturated carbocycles. The van der Waals surface area contributed by atoms with Gasteiger partial charge in [0.15, 0.2) is 17.6 Å². The van der Waals surface area contributed by atoms with Gasteiger partial charge in [-0.3, -0.25) is 4.79 Å². The van der Waals surface area contributed by atoms with Gasteiger partial charge in [-0.05, 0) is 35.4 Å². The first-order valence-electron chi connectivity index (χ1n) is 9.39. The van der Waals surface area contributed by atoms with Crippen molar-refractivity contribution in [3.8, 4) is 11.5 Å². The normalized spacial score (nSPS) is 11.9. The van der Waals surface area contributed by atoms with E-state index in [0.717, 1.165) is 5.56 Å². The van der Waals surface area contributed by atoms with E-state index in [9.17, 15) is 9.90 Å². The van der Waals surface area contributed by atoms with Crippen molar-refractivity contribution in [2.45, 2.75) is 12.7 Å². The van der Waals surface area contributed by atoms with Crippen molar-refractivity contribution in [2.75, 3.05) is 7.11 Å². The zero-order chi connectivity index (χ0) is 23.1. The molecule has 0 unspecified atom stereocenters. The number of nitrogens with one attached hydrogen (secondary N) is 1. The lowest BCUT2D eigenvalue weighted by Crippen LogP contribution is -2.25. The first-order chi connectivity index (χ1) is 15.4. The molecule has 0 heterocycles. The van der Waals surface area contributed by atoms with Gasteiger partial charge < -0.3 is 14.6 Å². The highest BCUT2D eigenvalue weighted by Crippen LogP contribution is 2.37. The second-order valence-corrected chi connectivity index (χ2v) is 7.86. The Morgan fingerprint density at radius 1 is 1.09 bits per heavy atom. The molecule has 0 aliphatic heterocycles. The molecular formula is C23H19Cl3N2O4. The standard InChI is InChI=1S/C23H19Cl3N2O4/c1-31-20-10-14(12-27-28-23(30)21(29)15-5-3-2-4-6-15)9-19(26)22(20)32-13-16-7-8-17(24)11-18(16)25/h2-12,21,29H,13H2,1H3,(H,28,30)/b27-12-/t21-/m1/s1. The third kappa shape index (κ3) is 6.14. The van der Waals surface area contributed by atoms with E-state index >= 15 is 0 Å². The number of ether oxygens (including phenoxy) is 2. The predicted octanol–water partition coefficient (Wildman–Crippen LogP) is 5.42. The molecule has 32 heavy (non-hydrogen) atoms. The van der Waals surface area contributed by atoms with Gasteiger partial charge in [0.1, 0.15) is 6.61 Å². The molecule has 0 fully saturated rings. The van der Waals surface area contributed by atoms with Gasteiger partial charge in [0, 0.05) is 15.6 Å². The quantitative estimate of drug-likeness (QED) is 0.324. The smallest absolute Gasteiger partial charge is 0.273 e. The lowest BCUT2D eigenvalue weighted by molar-refractivity contribution is -0.129. The van der Waals surface area contributed by atoms with Crippen LogP contribution in [0, 0.1) is 0 Å². The molecule has 0 radical (unpaired) electrons. The van der Waals surface area contributed by atoms with E-state index in [1.807, 2.05) is 0 Å². The van der Waals surface area contributed by atoms with Crippen molar-refractivity contribution in [1.29, 1.82) is 0 Å². The Balaban J connectivity index is 1.68. The Morgan fingerprint density at radius 3 is 2.53 bits per heavy atom. The summed E-state index contributed by atoms with van der Waals surface area (Å²) in [4.78, 5) is 12.1. The highest BCUT2D eigenvalue weighted by molar-refractivity contribution is 6.35. The molecule has 3 aromatic rings. The number of carbonyl (C=O) groups is 1. The SMILES string of the molecule is COc1cc(/C=N\NC(=O)[C@H](O)c2ccccc2)cc(Cl)c1OCc1ccc(Cl)cc1Cl. The summed E-state index contributed by atoms with van der Waals surface area (Å²) in [5.41, 5.74) is 4.05. The van der Waals surface area contributed by atoms with Gasteiger partial charge >= 0.3 is 0 Å². The summed E-state index contributed by atoms with van der Waals surface area (Å²) in [6.07, 6.45) is 0.0473. The summed E-state index contributed by atoms with van der Waals surface area (Å²) in [6, 6.07) is 16.9. The van der Waals surface area contributed by atoms with E-state index in [0.29, 0.717) is 32.7 Å². The fourth-order valence-electron chi connectivity index (χ4n) is 2.76. The summed E-state index contributed by atoms with van der Waals surface area (Å²) in [6.45, 7) is 0.160. The Bertz CT molecular complexity index is 1120. The maximum Gasteiger partial charge on any atom is 0.273 e. The van der Waals surface area contributed by atoms with Crippen LogP contribution in [0.5, 0.6) is 11.5 Å². The van der Waals surface area contributed by atoms with Crippen molar-refractivity contribution in [3.05, 3.63) is 92.4 Å². The van der Waals surface area contributed by atoms with E-state index in [2.05, 4.69) is 10.5 Å². The van der Waals surface area contributed by atoms with Crippen LogP contribution in [0.25, 0.3) is 0 Å². The number of benzene rings is 3. The number of halogens is 3. The van der Waals surface area contributed by atoms with Crippen LogP contribution in [0.1, 0.15) is 22.8 Å². The minimum Gasteiger partial charge on any atom is -0.493 e. The van der Waals surface area contributed by atoms with Crippen LogP contribution in [0.3, 0.4) is 0 Å². The Morgan fingerprint density at radius 2 is 1.84 bits per heavy atom. The molecule has 0 saturated heterocycles. The van der Waals surface area contributed by atoms with Crippen LogP contribution >= 0.6 is 34.8 Å². The van der Waals surface area contributed by atoms with Crippen LogP contribution in [0.15, 0.2) is 65.8 Å². The monoisotopic (exact) mass is 492 g/mol. The first kappa shape index (κ1) is 23.9. The van der Waals surface area contributed by atoms with Crippen LogP contribution in [-0.4, -0.2) is 24.3 Å². The van der Waals surface area contributed by atoms with Crippen LogP contribution in [0.4, 0.5) is 0 Å². The second-order valence-electron chi connectivity index (χ2n) is 6.61. The van der Waals surface area contributed by atoms with Crippen molar-refractivity contribution in [3.63, 3.8) is 0 Å². The van der Waals surface area contributed by atoms with Crippen molar-refractivity contribution in [2.24, 2.45) is 5.10 Å². The number of aliphatic hydroxyl groups excluding tert-OH is 1.